The van der Waals surface area contributed by atoms with Crippen molar-refractivity contribution >= 4 is 11.9 Å². The number of esters is 1. The van der Waals surface area contributed by atoms with Gasteiger partial charge in [0.2, 0.25) is 5.91 Å². The quantitative estimate of drug-likeness (QED) is 0.738. The van der Waals surface area contributed by atoms with Gasteiger partial charge in [0.1, 0.15) is 6.54 Å². The molecule has 1 amide bonds. The Bertz CT molecular complexity index is 415. The predicted molar refractivity (Wildman–Crippen MR) is 73.6 cm³/mol. The second kappa shape index (κ2) is 7.56. The second-order valence-electron chi connectivity index (χ2n) is 4.58. The third-order valence-electron chi connectivity index (χ3n) is 2.75. The first-order valence-corrected chi connectivity index (χ1v) is 6.53. The molecule has 0 fully saturated rings. The van der Waals surface area contributed by atoms with Crippen LogP contribution in [0.3, 0.4) is 0 Å². The molecule has 0 bridgehead atoms. The Kier molecular flexibility index (Phi) is 6.06. The van der Waals surface area contributed by atoms with Crippen molar-refractivity contribution in [2.45, 2.75) is 33.2 Å². The summed E-state index contributed by atoms with van der Waals surface area (Å²) < 4.78 is 4.89. The van der Waals surface area contributed by atoms with E-state index in [1.165, 1.54) is 0 Å². The van der Waals surface area contributed by atoms with Gasteiger partial charge in [-0.15, -0.1) is 0 Å². The van der Waals surface area contributed by atoms with Gasteiger partial charge in [0.05, 0.1) is 13.0 Å². The summed E-state index contributed by atoms with van der Waals surface area (Å²) in [5.41, 5.74) is 0.946. The standard InChI is InChI=1S/C15H21NO3/c1-4-19-15(18)11-16(12(2)3)14(17)10-13-8-6-5-7-9-13/h5-9,12H,4,10-11H2,1-3H3. The summed E-state index contributed by atoms with van der Waals surface area (Å²) in [6.45, 7) is 5.88. The van der Waals surface area contributed by atoms with Crippen molar-refractivity contribution in [3.05, 3.63) is 35.9 Å². The molecule has 0 N–H and O–H groups in total. The van der Waals surface area contributed by atoms with Crippen LogP contribution in [-0.4, -0.2) is 36.0 Å². The molecule has 0 aliphatic heterocycles. The third kappa shape index (κ3) is 5.12. The van der Waals surface area contributed by atoms with Gasteiger partial charge in [-0.3, -0.25) is 9.59 Å². The summed E-state index contributed by atoms with van der Waals surface area (Å²) >= 11 is 0. The average molecular weight is 263 g/mol. The van der Waals surface area contributed by atoms with Crippen LogP contribution in [0.2, 0.25) is 0 Å². The second-order valence-corrected chi connectivity index (χ2v) is 4.58. The molecular formula is C15H21NO3. The number of carbonyl (C=O) groups excluding carboxylic acids is 2. The number of carbonyl (C=O) groups is 2. The lowest BCUT2D eigenvalue weighted by Gasteiger charge is -2.25. The minimum absolute atomic E-state index is 0.0111. The molecule has 0 aliphatic carbocycles. The van der Waals surface area contributed by atoms with Gasteiger partial charge in [-0.05, 0) is 26.3 Å². The first-order chi connectivity index (χ1) is 9.04. The molecule has 0 aliphatic rings. The van der Waals surface area contributed by atoms with Crippen LogP contribution in [-0.2, 0) is 20.7 Å². The molecule has 0 radical (unpaired) electrons. The first-order valence-electron chi connectivity index (χ1n) is 6.53. The summed E-state index contributed by atoms with van der Waals surface area (Å²) in [5, 5.41) is 0. The van der Waals surface area contributed by atoms with E-state index in [1.54, 1.807) is 11.8 Å². The van der Waals surface area contributed by atoms with Crippen LogP contribution in [0.5, 0.6) is 0 Å². The molecule has 104 valence electrons. The van der Waals surface area contributed by atoms with Gasteiger partial charge in [0, 0.05) is 6.04 Å². The Hall–Kier alpha value is -1.84. The SMILES string of the molecule is CCOC(=O)CN(C(=O)Cc1ccccc1)C(C)C. The fraction of sp³-hybridized carbons (Fsp3) is 0.467. The van der Waals surface area contributed by atoms with E-state index in [-0.39, 0.29) is 24.5 Å². The number of rotatable bonds is 6. The van der Waals surface area contributed by atoms with Crippen LogP contribution in [0.25, 0.3) is 0 Å². The number of hydrogen-bond donors (Lipinski definition) is 0. The van der Waals surface area contributed by atoms with E-state index in [0.29, 0.717) is 13.0 Å². The average Bonchev–Trinajstić information content (AvgIpc) is 2.37. The summed E-state index contributed by atoms with van der Waals surface area (Å²) in [6, 6.07) is 9.48. The summed E-state index contributed by atoms with van der Waals surface area (Å²) in [7, 11) is 0. The van der Waals surface area contributed by atoms with Crippen LogP contribution < -0.4 is 0 Å². The van der Waals surface area contributed by atoms with E-state index in [4.69, 9.17) is 4.74 Å². The van der Waals surface area contributed by atoms with Crippen LogP contribution >= 0.6 is 0 Å². The highest BCUT2D eigenvalue weighted by Gasteiger charge is 2.20. The smallest absolute Gasteiger partial charge is 0.325 e. The van der Waals surface area contributed by atoms with Crippen LogP contribution in [0, 0.1) is 0 Å². The van der Waals surface area contributed by atoms with Crippen molar-refractivity contribution in [3.63, 3.8) is 0 Å². The minimum atomic E-state index is -0.363. The maximum atomic E-state index is 12.2. The fourth-order valence-corrected chi connectivity index (χ4v) is 1.78. The Morgan fingerprint density at radius 1 is 1.21 bits per heavy atom. The molecule has 0 aromatic heterocycles. The highest BCUT2D eigenvalue weighted by atomic mass is 16.5. The molecule has 4 nitrogen and oxygen atoms in total. The number of amides is 1. The maximum Gasteiger partial charge on any atom is 0.325 e. The Balaban J connectivity index is 2.66. The zero-order valence-electron chi connectivity index (χ0n) is 11.8. The molecule has 0 atom stereocenters. The lowest BCUT2D eigenvalue weighted by Crippen LogP contribution is -2.42. The monoisotopic (exact) mass is 263 g/mol. The Labute approximate surface area is 114 Å². The molecule has 0 saturated heterocycles. The van der Waals surface area contributed by atoms with E-state index in [1.807, 2.05) is 44.2 Å². The number of benzene rings is 1. The van der Waals surface area contributed by atoms with Gasteiger partial charge in [0.15, 0.2) is 0 Å². The number of ether oxygens (including phenoxy) is 1. The van der Waals surface area contributed by atoms with E-state index >= 15 is 0 Å². The first kappa shape index (κ1) is 15.2. The van der Waals surface area contributed by atoms with Crippen LogP contribution in [0.15, 0.2) is 30.3 Å². The van der Waals surface area contributed by atoms with E-state index < -0.39 is 0 Å². The molecule has 19 heavy (non-hydrogen) atoms. The maximum absolute atomic E-state index is 12.2. The molecule has 4 heteroatoms. The van der Waals surface area contributed by atoms with Gasteiger partial charge < -0.3 is 9.64 Å². The van der Waals surface area contributed by atoms with Crippen LogP contribution in [0.4, 0.5) is 0 Å². The molecular weight excluding hydrogens is 242 g/mol. The van der Waals surface area contributed by atoms with Crippen molar-refractivity contribution in [2.24, 2.45) is 0 Å². The van der Waals surface area contributed by atoms with Gasteiger partial charge in [-0.2, -0.15) is 0 Å². The van der Waals surface area contributed by atoms with Crippen molar-refractivity contribution in [3.8, 4) is 0 Å². The zero-order valence-corrected chi connectivity index (χ0v) is 11.8. The van der Waals surface area contributed by atoms with Gasteiger partial charge >= 0.3 is 5.97 Å². The largest absolute Gasteiger partial charge is 0.465 e. The lowest BCUT2D eigenvalue weighted by molar-refractivity contribution is -0.149. The van der Waals surface area contributed by atoms with Crippen molar-refractivity contribution < 1.29 is 14.3 Å². The molecule has 0 spiro atoms. The molecule has 0 saturated carbocycles. The topological polar surface area (TPSA) is 46.6 Å². The predicted octanol–water partition coefficient (Wildman–Crippen LogP) is 2.03. The molecule has 1 rings (SSSR count). The zero-order chi connectivity index (χ0) is 14.3. The highest BCUT2D eigenvalue weighted by molar-refractivity contribution is 5.83. The van der Waals surface area contributed by atoms with Crippen LogP contribution in [0.1, 0.15) is 26.3 Å². The third-order valence-corrected chi connectivity index (χ3v) is 2.75. The molecule has 1 aromatic carbocycles. The lowest BCUT2D eigenvalue weighted by atomic mass is 10.1. The normalized spacial score (nSPS) is 10.3. The summed E-state index contributed by atoms with van der Waals surface area (Å²) in [5.74, 6) is -0.424. The molecule has 0 heterocycles. The fourth-order valence-electron chi connectivity index (χ4n) is 1.78. The Morgan fingerprint density at radius 3 is 2.37 bits per heavy atom. The summed E-state index contributed by atoms with van der Waals surface area (Å²) in [4.78, 5) is 25.3. The van der Waals surface area contributed by atoms with Crippen molar-refractivity contribution in [1.29, 1.82) is 0 Å². The minimum Gasteiger partial charge on any atom is -0.465 e. The van der Waals surface area contributed by atoms with E-state index in [0.717, 1.165) is 5.56 Å². The van der Waals surface area contributed by atoms with Crippen molar-refractivity contribution in [1.82, 2.24) is 4.90 Å². The van der Waals surface area contributed by atoms with E-state index in [9.17, 15) is 9.59 Å². The van der Waals surface area contributed by atoms with Gasteiger partial charge in [-0.1, -0.05) is 30.3 Å². The van der Waals surface area contributed by atoms with E-state index in [2.05, 4.69) is 0 Å². The van der Waals surface area contributed by atoms with Crippen molar-refractivity contribution in [2.75, 3.05) is 13.2 Å². The molecule has 0 unspecified atom stereocenters. The number of hydrogen-bond acceptors (Lipinski definition) is 3. The number of nitrogens with zero attached hydrogens (tertiary/aromatic N) is 1. The molecule has 1 aromatic rings. The summed E-state index contributed by atoms with van der Waals surface area (Å²) in [6.07, 6.45) is 0.304. The van der Waals surface area contributed by atoms with Gasteiger partial charge in [-0.25, -0.2) is 0 Å². The van der Waals surface area contributed by atoms with Gasteiger partial charge in [0.25, 0.3) is 0 Å². The highest BCUT2D eigenvalue weighted by Crippen LogP contribution is 2.06. The Morgan fingerprint density at radius 2 is 1.84 bits per heavy atom.